The first kappa shape index (κ1) is 10.9. The van der Waals surface area contributed by atoms with Crippen molar-refractivity contribution in [2.24, 2.45) is 0 Å². The molecule has 16 heavy (non-hydrogen) atoms. The van der Waals surface area contributed by atoms with Crippen LogP contribution in [0.15, 0.2) is 6.07 Å². The highest BCUT2D eigenvalue weighted by Crippen LogP contribution is 2.13. The summed E-state index contributed by atoms with van der Waals surface area (Å²) in [4.78, 5) is 22.3. The molecule has 1 N–H and O–H groups in total. The highest BCUT2D eigenvalue weighted by molar-refractivity contribution is 5.93. The first-order chi connectivity index (χ1) is 7.70. The summed E-state index contributed by atoms with van der Waals surface area (Å²) in [6, 6.07) is 1.70. The number of nitrogens with one attached hydrogen (secondary N) is 1. The molecule has 2 rings (SSSR count). The number of amides is 1. The van der Waals surface area contributed by atoms with E-state index in [0.29, 0.717) is 17.3 Å². The summed E-state index contributed by atoms with van der Waals surface area (Å²) >= 11 is 0. The normalized spacial score (nSPS) is 15.2. The Hall–Kier alpha value is -1.65. The van der Waals surface area contributed by atoms with Crippen LogP contribution in [0.1, 0.15) is 29.2 Å². The van der Waals surface area contributed by atoms with Crippen LogP contribution in [0.3, 0.4) is 0 Å². The molecule has 0 radical (unpaired) electrons. The molecule has 0 unspecified atom stereocenters. The fourth-order valence-electron chi connectivity index (χ4n) is 1.89. The molecular weight excluding hydrogens is 204 g/mol. The maximum absolute atomic E-state index is 12.1. The molecule has 2 heterocycles. The summed E-state index contributed by atoms with van der Waals surface area (Å²) in [5, 5.41) is 2.93. The van der Waals surface area contributed by atoms with Crippen molar-refractivity contribution in [3.8, 4) is 0 Å². The van der Waals surface area contributed by atoms with Gasteiger partial charge in [-0.3, -0.25) is 4.79 Å². The molecule has 1 fully saturated rings. The van der Waals surface area contributed by atoms with Crippen LogP contribution in [0.5, 0.6) is 0 Å². The average Bonchev–Trinajstić information content (AvgIpc) is 2.80. The summed E-state index contributed by atoms with van der Waals surface area (Å²) in [7, 11) is 1.78. The van der Waals surface area contributed by atoms with Crippen LogP contribution < -0.4 is 5.32 Å². The average molecular weight is 220 g/mol. The first-order valence-electron chi connectivity index (χ1n) is 5.53. The highest BCUT2D eigenvalue weighted by atomic mass is 16.2. The number of hydrogen-bond acceptors (Lipinski definition) is 4. The third-order valence-electron chi connectivity index (χ3n) is 2.71. The molecule has 1 aliphatic rings. The van der Waals surface area contributed by atoms with Gasteiger partial charge in [0.1, 0.15) is 17.3 Å². The minimum atomic E-state index is 0.0134. The summed E-state index contributed by atoms with van der Waals surface area (Å²) in [6.45, 7) is 3.48. The predicted octanol–water partition coefficient (Wildman–Crippen LogP) is 1.06. The Kier molecular flexibility index (Phi) is 3.03. The molecule has 1 amide bonds. The van der Waals surface area contributed by atoms with Gasteiger partial charge >= 0.3 is 0 Å². The zero-order valence-corrected chi connectivity index (χ0v) is 9.66. The van der Waals surface area contributed by atoms with Crippen molar-refractivity contribution >= 4 is 11.7 Å². The van der Waals surface area contributed by atoms with Crippen molar-refractivity contribution in [2.75, 3.05) is 25.5 Å². The van der Waals surface area contributed by atoms with Crippen molar-refractivity contribution < 1.29 is 4.79 Å². The molecule has 0 spiro atoms. The van der Waals surface area contributed by atoms with Gasteiger partial charge in [-0.15, -0.1) is 0 Å². The third kappa shape index (κ3) is 2.13. The second kappa shape index (κ2) is 4.47. The van der Waals surface area contributed by atoms with Crippen molar-refractivity contribution in [2.45, 2.75) is 19.8 Å². The largest absolute Gasteiger partial charge is 0.373 e. The van der Waals surface area contributed by atoms with E-state index in [2.05, 4.69) is 15.3 Å². The predicted molar refractivity (Wildman–Crippen MR) is 61.5 cm³/mol. The molecule has 1 aromatic rings. The lowest BCUT2D eigenvalue weighted by atomic mass is 10.3. The third-order valence-corrected chi connectivity index (χ3v) is 2.71. The summed E-state index contributed by atoms with van der Waals surface area (Å²) in [5.41, 5.74) is 0.485. The van der Waals surface area contributed by atoms with E-state index >= 15 is 0 Å². The first-order valence-corrected chi connectivity index (χ1v) is 5.53. The number of hydrogen-bond donors (Lipinski definition) is 1. The van der Waals surface area contributed by atoms with Crippen LogP contribution in [-0.4, -0.2) is 40.9 Å². The molecule has 5 nitrogen and oxygen atoms in total. The molecule has 0 bridgehead atoms. The minimum absolute atomic E-state index is 0.0134. The lowest BCUT2D eigenvalue weighted by Crippen LogP contribution is -2.28. The van der Waals surface area contributed by atoms with Crippen LogP contribution in [0.4, 0.5) is 5.82 Å². The molecule has 86 valence electrons. The maximum atomic E-state index is 12.1. The number of carbonyl (C=O) groups is 1. The van der Waals surface area contributed by atoms with Gasteiger partial charge in [0.2, 0.25) is 0 Å². The zero-order chi connectivity index (χ0) is 11.5. The Morgan fingerprint density at radius 1 is 1.38 bits per heavy atom. The summed E-state index contributed by atoms with van der Waals surface area (Å²) in [5.74, 6) is 1.32. The van der Waals surface area contributed by atoms with Crippen LogP contribution in [0.2, 0.25) is 0 Å². The van der Waals surface area contributed by atoms with Crippen LogP contribution >= 0.6 is 0 Å². The maximum Gasteiger partial charge on any atom is 0.272 e. The van der Waals surface area contributed by atoms with Gasteiger partial charge < -0.3 is 10.2 Å². The van der Waals surface area contributed by atoms with Gasteiger partial charge in [-0.05, 0) is 19.8 Å². The topological polar surface area (TPSA) is 58.1 Å². The van der Waals surface area contributed by atoms with Crippen molar-refractivity contribution in [1.82, 2.24) is 14.9 Å². The molecule has 1 saturated heterocycles. The standard InChI is InChI=1S/C11H16N4O/c1-8-13-9(7-10(12-2)14-8)11(16)15-5-3-4-6-15/h7H,3-6H2,1-2H3,(H,12,13,14). The van der Waals surface area contributed by atoms with E-state index in [9.17, 15) is 4.79 Å². The van der Waals surface area contributed by atoms with Gasteiger partial charge in [0.05, 0.1) is 0 Å². The number of aryl methyl sites for hydroxylation is 1. The van der Waals surface area contributed by atoms with E-state index in [1.807, 2.05) is 4.90 Å². The number of rotatable bonds is 2. The van der Waals surface area contributed by atoms with Gasteiger partial charge in [0.25, 0.3) is 5.91 Å². The lowest BCUT2D eigenvalue weighted by molar-refractivity contribution is 0.0786. The smallest absolute Gasteiger partial charge is 0.272 e. The molecule has 1 aliphatic heterocycles. The number of aromatic nitrogens is 2. The molecular formula is C11H16N4O. The summed E-state index contributed by atoms with van der Waals surface area (Å²) < 4.78 is 0. The number of nitrogens with zero attached hydrogens (tertiary/aromatic N) is 3. The zero-order valence-electron chi connectivity index (χ0n) is 9.66. The van der Waals surface area contributed by atoms with E-state index in [1.165, 1.54) is 0 Å². The van der Waals surface area contributed by atoms with Crippen molar-refractivity contribution in [3.05, 3.63) is 17.6 Å². The monoisotopic (exact) mass is 220 g/mol. The fraction of sp³-hybridized carbons (Fsp3) is 0.545. The molecule has 0 saturated carbocycles. The van der Waals surface area contributed by atoms with E-state index in [4.69, 9.17) is 0 Å². The lowest BCUT2D eigenvalue weighted by Gasteiger charge is -2.15. The fourth-order valence-corrected chi connectivity index (χ4v) is 1.89. The quantitative estimate of drug-likeness (QED) is 0.809. The van der Waals surface area contributed by atoms with Gasteiger partial charge in [-0.1, -0.05) is 0 Å². The Morgan fingerprint density at radius 2 is 2.06 bits per heavy atom. The van der Waals surface area contributed by atoms with Crippen LogP contribution in [0, 0.1) is 6.92 Å². The second-order valence-corrected chi connectivity index (χ2v) is 3.93. The molecule has 0 aromatic carbocycles. The van der Waals surface area contributed by atoms with Crippen LogP contribution in [-0.2, 0) is 0 Å². The van der Waals surface area contributed by atoms with E-state index in [-0.39, 0.29) is 5.91 Å². The van der Waals surface area contributed by atoms with Crippen molar-refractivity contribution in [3.63, 3.8) is 0 Å². The molecule has 0 atom stereocenters. The van der Waals surface area contributed by atoms with Crippen LogP contribution in [0.25, 0.3) is 0 Å². The van der Waals surface area contributed by atoms with Crippen molar-refractivity contribution in [1.29, 1.82) is 0 Å². The number of likely N-dealkylation sites (tertiary alicyclic amines) is 1. The van der Waals surface area contributed by atoms with E-state index in [1.54, 1.807) is 20.0 Å². The molecule has 5 heteroatoms. The Morgan fingerprint density at radius 3 is 2.69 bits per heavy atom. The number of carbonyl (C=O) groups excluding carboxylic acids is 1. The van der Waals surface area contributed by atoms with E-state index < -0.39 is 0 Å². The Bertz CT molecular complexity index is 399. The Balaban J connectivity index is 2.24. The van der Waals surface area contributed by atoms with Gasteiger partial charge in [-0.2, -0.15) is 0 Å². The van der Waals surface area contributed by atoms with Gasteiger partial charge in [0, 0.05) is 26.2 Å². The van der Waals surface area contributed by atoms with E-state index in [0.717, 1.165) is 25.9 Å². The summed E-state index contributed by atoms with van der Waals surface area (Å²) in [6.07, 6.45) is 2.18. The molecule has 1 aromatic heterocycles. The van der Waals surface area contributed by atoms with Gasteiger partial charge in [0.15, 0.2) is 0 Å². The second-order valence-electron chi connectivity index (χ2n) is 3.93. The Labute approximate surface area is 94.9 Å². The minimum Gasteiger partial charge on any atom is -0.373 e. The molecule has 0 aliphatic carbocycles. The van der Waals surface area contributed by atoms with Gasteiger partial charge in [-0.25, -0.2) is 9.97 Å². The SMILES string of the molecule is CNc1cc(C(=O)N2CCCC2)nc(C)n1. The number of anilines is 1. The highest BCUT2D eigenvalue weighted by Gasteiger charge is 2.21.